The number of aromatic amines is 1. The van der Waals surface area contributed by atoms with Crippen molar-refractivity contribution in [2.24, 2.45) is 0 Å². The molecule has 2 aromatic rings. The summed E-state index contributed by atoms with van der Waals surface area (Å²) in [5, 5.41) is 17.4. The van der Waals surface area contributed by atoms with E-state index in [2.05, 4.69) is 31.4 Å². The van der Waals surface area contributed by atoms with Gasteiger partial charge in [-0.2, -0.15) is 10.4 Å². The molecule has 0 bridgehead atoms. The second kappa shape index (κ2) is 4.98. The Hall–Kier alpha value is -2.20. The van der Waals surface area contributed by atoms with Gasteiger partial charge in [0.05, 0.1) is 10.7 Å². The molecule has 0 aliphatic carbocycles. The Morgan fingerprint density at radius 1 is 1.56 bits per heavy atom. The highest BCUT2D eigenvalue weighted by atomic mass is 79.9. The van der Waals surface area contributed by atoms with Gasteiger partial charge in [-0.15, -0.1) is 0 Å². The molecule has 90 valence electrons. The molecule has 2 rings (SSSR count). The topological polar surface area (TPSA) is 81.6 Å². The zero-order valence-electron chi connectivity index (χ0n) is 8.87. The van der Waals surface area contributed by atoms with Crippen LogP contribution in [0.25, 0.3) is 0 Å². The molecule has 1 aromatic heterocycles. The number of carbonyl (C=O) groups excluding carboxylic acids is 1. The van der Waals surface area contributed by atoms with Crippen LogP contribution in [0.3, 0.4) is 0 Å². The van der Waals surface area contributed by atoms with E-state index in [4.69, 9.17) is 5.26 Å². The van der Waals surface area contributed by atoms with Crippen molar-refractivity contribution in [3.8, 4) is 6.07 Å². The SMILES string of the molecule is N#Cc1cn[nH]c1NC(=O)c1ccc(F)c(Br)c1. The standard InChI is InChI=1S/C11H6BrFN4O/c12-8-3-6(1-2-9(8)13)11(18)16-10-7(4-14)5-15-17-10/h1-3,5H,(H2,15,16,17,18). The lowest BCUT2D eigenvalue weighted by atomic mass is 10.2. The van der Waals surface area contributed by atoms with E-state index in [1.807, 2.05) is 6.07 Å². The Bertz CT molecular complexity index is 647. The maximum Gasteiger partial charge on any atom is 0.256 e. The summed E-state index contributed by atoms with van der Waals surface area (Å²) >= 11 is 2.99. The molecule has 1 heterocycles. The van der Waals surface area contributed by atoms with Crippen LogP contribution in [0.15, 0.2) is 28.9 Å². The van der Waals surface area contributed by atoms with Gasteiger partial charge in [0.25, 0.3) is 5.91 Å². The highest BCUT2D eigenvalue weighted by Crippen LogP contribution is 2.18. The predicted molar refractivity (Wildman–Crippen MR) is 65.4 cm³/mol. The van der Waals surface area contributed by atoms with Crippen molar-refractivity contribution >= 4 is 27.7 Å². The number of nitrogens with zero attached hydrogens (tertiary/aromatic N) is 2. The summed E-state index contributed by atoms with van der Waals surface area (Å²) in [5.41, 5.74) is 0.492. The number of halogens is 2. The van der Waals surface area contributed by atoms with Crippen molar-refractivity contribution in [3.63, 3.8) is 0 Å². The van der Waals surface area contributed by atoms with Gasteiger partial charge >= 0.3 is 0 Å². The first-order valence-electron chi connectivity index (χ1n) is 4.81. The van der Waals surface area contributed by atoms with Gasteiger partial charge in [-0.25, -0.2) is 4.39 Å². The van der Waals surface area contributed by atoms with E-state index in [0.717, 1.165) is 0 Å². The molecule has 0 unspecified atom stereocenters. The van der Waals surface area contributed by atoms with Crippen LogP contribution < -0.4 is 5.32 Å². The molecule has 0 saturated carbocycles. The lowest BCUT2D eigenvalue weighted by molar-refractivity contribution is 0.102. The third-order valence-electron chi connectivity index (χ3n) is 2.18. The molecule has 1 amide bonds. The summed E-state index contributed by atoms with van der Waals surface area (Å²) in [6.07, 6.45) is 1.30. The molecule has 2 N–H and O–H groups in total. The number of hydrogen-bond donors (Lipinski definition) is 2. The quantitative estimate of drug-likeness (QED) is 0.894. The van der Waals surface area contributed by atoms with Crippen LogP contribution in [-0.2, 0) is 0 Å². The van der Waals surface area contributed by atoms with Gasteiger partial charge in [0.2, 0.25) is 0 Å². The first-order chi connectivity index (χ1) is 8.61. The van der Waals surface area contributed by atoms with E-state index in [9.17, 15) is 9.18 Å². The number of anilines is 1. The maximum atomic E-state index is 13.0. The number of nitrogens with one attached hydrogen (secondary N) is 2. The summed E-state index contributed by atoms with van der Waals surface area (Å²) in [7, 11) is 0. The average Bonchev–Trinajstić information content (AvgIpc) is 2.79. The number of rotatable bonds is 2. The van der Waals surface area contributed by atoms with Crippen LogP contribution in [0.4, 0.5) is 10.2 Å². The first kappa shape index (κ1) is 12.3. The Labute approximate surface area is 110 Å². The average molecular weight is 309 g/mol. The summed E-state index contributed by atoms with van der Waals surface area (Å²) < 4.78 is 13.2. The molecule has 0 saturated heterocycles. The van der Waals surface area contributed by atoms with Crippen molar-refractivity contribution in [2.75, 3.05) is 5.32 Å². The fraction of sp³-hybridized carbons (Fsp3) is 0. The van der Waals surface area contributed by atoms with Crippen LogP contribution in [0.5, 0.6) is 0 Å². The molecule has 0 fully saturated rings. The lowest BCUT2D eigenvalue weighted by Gasteiger charge is -2.04. The Balaban J connectivity index is 2.23. The zero-order chi connectivity index (χ0) is 13.1. The Morgan fingerprint density at radius 3 is 3.00 bits per heavy atom. The smallest absolute Gasteiger partial charge is 0.256 e. The normalized spacial score (nSPS) is 9.83. The first-order valence-corrected chi connectivity index (χ1v) is 5.61. The molecule has 18 heavy (non-hydrogen) atoms. The van der Waals surface area contributed by atoms with Gasteiger partial charge in [0.1, 0.15) is 23.3 Å². The van der Waals surface area contributed by atoms with Gasteiger partial charge in [-0.1, -0.05) is 0 Å². The second-order valence-corrected chi connectivity index (χ2v) is 4.21. The third-order valence-corrected chi connectivity index (χ3v) is 2.79. The molecule has 0 atom stereocenters. The third kappa shape index (κ3) is 2.38. The summed E-state index contributed by atoms with van der Waals surface area (Å²) in [4.78, 5) is 11.8. The molecular weight excluding hydrogens is 303 g/mol. The molecular formula is C11H6BrFN4O. The van der Waals surface area contributed by atoms with Crippen molar-refractivity contribution in [1.82, 2.24) is 10.2 Å². The monoisotopic (exact) mass is 308 g/mol. The van der Waals surface area contributed by atoms with Crippen molar-refractivity contribution in [2.45, 2.75) is 0 Å². The summed E-state index contributed by atoms with van der Waals surface area (Å²) in [6.45, 7) is 0. The molecule has 0 spiro atoms. The Morgan fingerprint density at radius 2 is 2.33 bits per heavy atom. The van der Waals surface area contributed by atoms with E-state index >= 15 is 0 Å². The van der Waals surface area contributed by atoms with Crippen molar-refractivity contribution in [3.05, 3.63) is 45.8 Å². The molecule has 0 aliphatic rings. The fourth-order valence-electron chi connectivity index (χ4n) is 1.29. The number of hydrogen-bond acceptors (Lipinski definition) is 3. The fourth-order valence-corrected chi connectivity index (χ4v) is 1.67. The maximum absolute atomic E-state index is 13.0. The van der Waals surface area contributed by atoms with E-state index < -0.39 is 11.7 Å². The van der Waals surface area contributed by atoms with Gasteiger partial charge in [-0.05, 0) is 34.1 Å². The van der Waals surface area contributed by atoms with E-state index in [0.29, 0.717) is 0 Å². The molecule has 1 aromatic carbocycles. The lowest BCUT2D eigenvalue weighted by Crippen LogP contribution is -2.13. The van der Waals surface area contributed by atoms with Gasteiger partial charge in [-0.3, -0.25) is 9.89 Å². The second-order valence-electron chi connectivity index (χ2n) is 3.35. The number of amides is 1. The largest absolute Gasteiger partial charge is 0.306 e. The van der Waals surface area contributed by atoms with E-state index in [1.54, 1.807) is 0 Å². The highest BCUT2D eigenvalue weighted by Gasteiger charge is 2.12. The minimum absolute atomic E-state index is 0.195. The van der Waals surface area contributed by atoms with Gasteiger partial charge in [0.15, 0.2) is 0 Å². The number of aromatic nitrogens is 2. The van der Waals surface area contributed by atoms with Crippen LogP contribution >= 0.6 is 15.9 Å². The van der Waals surface area contributed by atoms with Crippen LogP contribution in [0.1, 0.15) is 15.9 Å². The van der Waals surface area contributed by atoms with Gasteiger partial charge < -0.3 is 5.32 Å². The van der Waals surface area contributed by atoms with Crippen LogP contribution in [-0.4, -0.2) is 16.1 Å². The van der Waals surface area contributed by atoms with E-state index in [-0.39, 0.29) is 21.4 Å². The summed E-state index contributed by atoms with van der Waals surface area (Å²) in [6, 6.07) is 5.75. The minimum Gasteiger partial charge on any atom is -0.306 e. The molecule has 0 radical (unpaired) electrons. The van der Waals surface area contributed by atoms with Crippen molar-refractivity contribution in [1.29, 1.82) is 5.26 Å². The van der Waals surface area contributed by atoms with Gasteiger partial charge in [0, 0.05) is 5.56 Å². The van der Waals surface area contributed by atoms with Crippen molar-refractivity contribution < 1.29 is 9.18 Å². The molecule has 7 heteroatoms. The number of H-pyrrole nitrogens is 1. The van der Waals surface area contributed by atoms with Crippen LogP contribution in [0.2, 0.25) is 0 Å². The predicted octanol–water partition coefficient (Wildman–Crippen LogP) is 2.44. The molecule has 5 nitrogen and oxygen atoms in total. The number of nitriles is 1. The molecule has 0 aliphatic heterocycles. The van der Waals surface area contributed by atoms with E-state index in [1.165, 1.54) is 24.4 Å². The number of benzene rings is 1. The highest BCUT2D eigenvalue weighted by molar-refractivity contribution is 9.10. The number of carbonyl (C=O) groups is 1. The zero-order valence-corrected chi connectivity index (χ0v) is 10.5. The minimum atomic E-state index is -0.462. The summed E-state index contributed by atoms with van der Waals surface area (Å²) in [5.74, 6) is -0.704. The Kier molecular flexibility index (Phi) is 3.39. The van der Waals surface area contributed by atoms with Crippen LogP contribution in [0, 0.1) is 17.1 Å².